The zero-order chi connectivity index (χ0) is 13.8. The van der Waals surface area contributed by atoms with E-state index in [0.29, 0.717) is 0 Å². The summed E-state index contributed by atoms with van der Waals surface area (Å²) in [5.41, 5.74) is 1.56. The summed E-state index contributed by atoms with van der Waals surface area (Å²) >= 11 is 0. The van der Waals surface area contributed by atoms with Crippen LogP contribution in [0.5, 0.6) is 0 Å². The highest BCUT2D eigenvalue weighted by Crippen LogP contribution is 2.46. The van der Waals surface area contributed by atoms with Crippen LogP contribution in [0.3, 0.4) is 0 Å². The van der Waals surface area contributed by atoms with E-state index >= 15 is 0 Å². The molecule has 3 atom stereocenters. The maximum Gasteiger partial charge on any atom is -0.0177 e. The van der Waals surface area contributed by atoms with Crippen LogP contribution in [-0.4, -0.2) is 0 Å². The average molecular weight is 262 g/mol. The van der Waals surface area contributed by atoms with Gasteiger partial charge in [0, 0.05) is 0 Å². The van der Waals surface area contributed by atoms with Gasteiger partial charge >= 0.3 is 0 Å². The zero-order valence-electron chi connectivity index (χ0n) is 13.5. The van der Waals surface area contributed by atoms with Crippen LogP contribution in [0.1, 0.15) is 78.6 Å². The van der Waals surface area contributed by atoms with Gasteiger partial charge in [0.25, 0.3) is 0 Å². The predicted molar refractivity (Wildman–Crippen MR) is 85.2 cm³/mol. The molecular formula is C19H34. The molecule has 0 N–H and O–H groups in total. The first-order valence-corrected chi connectivity index (χ1v) is 8.77. The van der Waals surface area contributed by atoms with Crippen LogP contribution in [0.2, 0.25) is 0 Å². The Morgan fingerprint density at radius 2 is 1.68 bits per heavy atom. The summed E-state index contributed by atoms with van der Waals surface area (Å²) in [5, 5.41) is 0. The van der Waals surface area contributed by atoms with E-state index in [4.69, 9.17) is 0 Å². The van der Waals surface area contributed by atoms with Crippen molar-refractivity contribution in [2.24, 2.45) is 29.6 Å². The molecule has 2 rings (SSSR count). The van der Waals surface area contributed by atoms with Crippen LogP contribution < -0.4 is 0 Å². The molecule has 0 aromatic heterocycles. The normalized spacial score (nSPS) is 33.6. The number of hydrogen-bond donors (Lipinski definition) is 0. The molecule has 3 unspecified atom stereocenters. The molecule has 0 heteroatoms. The molecule has 0 heterocycles. The third kappa shape index (κ3) is 3.86. The highest BCUT2D eigenvalue weighted by molar-refractivity contribution is 5.06. The van der Waals surface area contributed by atoms with Gasteiger partial charge in [0.15, 0.2) is 0 Å². The van der Waals surface area contributed by atoms with Crippen molar-refractivity contribution in [3.63, 3.8) is 0 Å². The van der Waals surface area contributed by atoms with E-state index in [1.807, 2.05) is 0 Å². The van der Waals surface area contributed by atoms with E-state index in [9.17, 15) is 0 Å². The molecule has 0 bridgehead atoms. The highest BCUT2D eigenvalue weighted by atomic mass is 14.4. The molecule has 2 aliphatic rings. The van der Waals surface area contributed by atoms with Crippen LogP contribution in [0.15, 0.2) is 12.2 Å². The predicted octanol–water partition coefficient (Wildman–Crippen LogP) is 6.22. The minimum Gasteiger partial charge on any atom is -0.0996 e. The molecule has 110 valence electrons. The lowest BCUT2D eigenvalue weighted by molar-refractivity contribution is 0.105. The van der Waals surface area contributed by atoms with Crippen molar-refractivity contribution in [2.45, 2.75) is 78.6 Å². The first-order valence-electron chi connectivity index (χ1n) is 8.77. The molecule has 0 saturated heterocycles. The molecule has 2 saturated carbocycles. The average Bonchev–Trinajstić information content (AvgIpc) is 2.39. The van der Waals surface area contributed by atoms with Crippen molar-refractivity contribution in [1.29, 1.82) is 0 Å². The zero-order valence-corrected chi connectivity index (χ0v) is 13.5. The SMILES string of the molecule is C=C(CC(C)C)C1CCCC(C2CCCCC2)C1C. The van der Waals surface area contributed by atoms with Gasteiger partial charge in [-0.25, -0.2) is 0 Å². The molecule has 2 fully saturated rings. The third-order valence-electron chi connectivity index (χ3n) is 5.81. The molecule has 0 aromatic rings. The van der Waals surface area contributed by atoms with E-state index in [1.54, 1.807) is 5.57 Å². The van der Waals surface area contributed by atoms with Crippen molar-refractivity contribution < 1.29 is 0 Å². The Balaban J connectivity index is 1.96. The fraction of sp³-hybridized carbons (Fsp3) is 0.895. The maximum absolute atomic E-state index is 4.45. The first-order chi connectivity index (χ1) is 9.09. The Hall–Kier alpha value is -0.260. The van der Waals surface area contributed by atoms with Gasteiger partial charge in [-0.1, -0.05) is 71.4 Å². The van der Waals surface area contributed by atoms with Crippen molar-refractivity contribution in [3.8, 4) is 0 Å². The molecule has 0 radical (unpaired) electrons. The minimum atomic E-state index is 0.773. The lowest BCUT2D eigenvalue weighted by Gasteiger charge is -2.43. The lowest BCUT2D eigenvalue weighted by Crippen LogP contribution is -2.33. The Kier molecular flexibility index (Phi) is 5.54. The van der Waals surface area contributed by atoms with Gasteiger partial charge in [-0.05, 0) is 48.9 Å². The van der Waals surface area contributed by atoms with Crippen LogP contribution in [0, 0.1) is 29.6 Å². The molecule has 0 aliphatic heterocycles. The largest absolute Gasteiger partial charge is 0.0996 e. The standard InChI is InChI=1S/C19H34/c1-14(2)13-15(3)18-11-8-12-19(16(18)4)17-9-6-5-7-10-17/h14,16-19H,3,5-13H2,1-2,4H3. The lowest BCUT2D eigenvalue weighted by atomic mass is 9.63. The summed E-state index contributed by atoms with van der Waals surface area (Å²) in [6.45, 7) is 11.6. The summed E-state index contributed by atoms with van der Waals surface area (Å²) in [7, 11) is 0. The smallest absolute Gasteiger partial charge is 0.0177 e. The monoisotopic (exact) mass is 262 g/mol. The van der Waals surface area contributed by atoms with Gasteiger partial charge in [-0.2, -0.15) is 0 Å². The van der Waals surface area contributed by atoms with Gasteiger partial charge < -0.3 is 0 Å². The molecule has 2 aliphatic carbocycles. The number of allylic oxidation sites excluding steroid dienone is 1. The van der Waals surface area contributed by atoms with E-state index in [1.165, 1.54) is 57.8 Å². The van der Waals surface area contributed by atoms with Gasteiger partial charge in [-0.15, -0.1) is 0 Å². The van der Waals surface area contributed by atoms with Gasteiger partial charge in [0.2, 0.25) is 0 Å². The fourth-order valence-electron chi connectivity index (χ4n) is 4.88. The topological polar surface area (TPSA) is 0 Å². The van der Waals surface area contributed by atoms with Gasteiger partial charge in [0.1, 0.15) is 0 Å². The minimum absolute atomic E-state index is 0.773. The third-order valence-corrected chi connectivity index (χ3v) is 5.81. The Labute approximate surface area is 121 Å². The van der Waals surface area contributed by atoms with Crippen LogP contribution in [-0.2, 0) is 0 Å². The van der Waals surface area contributed by atoms with Crippen molar-refractivity contribution in [3.05, 3.63) is 12.2 Å². The Morgan fingerprint density at radius 3 is 2.32 bits per heavy atom. The van der Waals surface area contributed by atoms with E-state index in [0.717, 1.165) is 29.6 Å². The van der Waals surface area contributed by atoms with Crippen molar-refractivity contribution >= 4 is 0 Å². The Morgan fingerprint density at radius 1 is 1.00 bits per heavy atom. The van der Waals surface area contributed by atoms with Gasteiger partial charge in [-0.3, -0.25) is 0 Å². The summed E-state index contributed by atoms with van der Waals surface area (Å²) in [6, 6.07) is 0. The molecular weight excluding hydrogens is 228 g/mol. The van der Waals surface area contributed by atoms with Gasteiger partial charge in [0.05, 0.1) is 0 Å². The fourth-order valence-corrected chi connectivity index (χ4v) is 4.88. The summed E-state index contributed by atoms with van der Waals surface area (Å²) in [6.07, 6.45) is 13.1. The summed E-state index contributed by atoms with van der Waals surface area (Å²) in [5.74, 6) is 4.53. The summed E-state index contributed by atoms with van der Waals surface area (Å²) < 4.78 is 0. The van der Waals surface area contributed by atoms with Crippen molar-refractivity contribution in [2.75, 3.05) is 0 Å². The number of hydrogen-bond acceptors (Lipinski definition) is 0. The van der Waals surface area contributed by atoms with Crippen LogP contribution >= 0.6 is 0 Å². The van der Waals surface area contributed by atoms with E-state index in [-0.39, 0.29) is 0 Å². The Bertz CT molecular complexity index is 282. The summed E-state index contributed by atoms with van der Waals surface area (Å²) in [4.78, 5) is 0. The molecule has 19 heavy (non-hydrogen) atoms. The van der Waals surface area contributed by atoms with Crippen molar-refractivity contribution in [1.82, 2.24) is 0 Å². The first kappa shape index (κ1) is 15.1. The van der Waals surface area contributed by atoms with E-state index < -0.39 is 0 Å². The molecule has 0 aromatic carbocycles. The number of rotatable bonds is 4. The second-order valence-electron chi connectivity index (χ2n) is 7.71. The maximum atomic E-state index is 4.45. The molecule has 0 nitrogen and oxygen atoms in total. The molecule has 0 spiro atoms. The quantitative estimate of drug-likeness (QED) is 0.527. The van der Waals surface area contributed by atoms with E-state index in [2.05, 4.69) is 27.4 Å². The highest BCUT2D eigenvalue weighted by Gasteiger charge is 2.36. The molecule has 0 amide bonds. The van der Waals surface area contributed by atoms with Crippen LogP contribution in [0.25, 0.3) is 0 Å². The second-order valence-corrected chi connectivity index (χ2v) is 7.71. The van der Waals surface area contributed by atoms with Crippen LogP contribution in [0.4, 0.5) is 0 Å². The second kappa shape index (κ2) is 6.95.